The molecule has 1 aliphatic rings. The first-order valence-electron chi connectivity index (χ1n) is 5.85. The van der Waals surface area contributed by atoms with Gasteiger partial charge >= 0.3 is 0 Å². The fourth-order valence-electron chi connectivity index (χ4n) is 2.13. The highest BCUT2D eigenvalue weighted by atomic mass is 16.1. The molecule has 0 aromatic carbocycles. The maximum absolute atomic E-state index is 11.7. The van der Waals surface area contributed by atoms with Crippen molar-refractivity contribution in [2.75, 3.05) is 0 Å². The molecule has 0 radical (unpaired) electrons. The Morgan fingerprint density at radius 3 is 2.81 bits per heavy atom. The molecular formula is C13H18N2O. The van der Waals surface area contributed by atoms with E-state index >= 15 is 0 Å². The van der Waals surface area contributed by atoms with Gasteiger partial charge in [-0.3, -0.25) is 9.78 Å². The molecule has 2 rings (SSSR count). The molecule has 2 atom stereocenters. The third kappa shape index (κ3) is 2.47. The van der Waals surface area contributed by atoms with Gasteiger partial charge in [0.15, 0.2) is 0 Å². The Balaban J connectivity index is 2.14. The molecule has 1 fully saturated rings. The number of hydrogen-bond acceptors (Lipinski definition) is 3. The van der Waals surface area contributed by atoms with Crippen molar-refractivity contribution in [3.8, 4) is 0 Å². The minimum Gasteiger partial charge on any atom is -0.305 e. The number of piperidine rings is 1. The molecule has 1 N–H and O–H groups in total. The van der Waals surface area contributed by atoms with Crippen molar-refractivity contribution in [2.45, 2.75) is 38.8 Å². The van der Waals surface area contributed by atoms with Crippen molar-refractivity contribution in [1.82, 2.24) is 10.3 Å². The molecular weight excluding hydrogens is 200 g/mol. The largest absolute Gasteiger partial charge is 0.305 e. The Morgan fingerprint density at radius 2 is 2.19 bits per heavy atom. The summed E-state index contributed by atoms with van der Waals surface area (Å²) in [6, 6.07) is 6.22. The lowest BCUT2D eigenvalue weighted by Crippen LogP contribution is -2.44. The topological polar surface area (TPSA) is 42.0 Å². The van der Waals surface area contributed by atoms with E-state index in [9.17, 15) is 4.79 Å². The fraction of sp³-hybridized carbons (Fsp3) is 0.538. The van der Waals surface area contributed by atoms with Gasteiger partial charge in [0.2, 0.25) is 0 Å². The molecule has 16 heavy (non-hydrogen) atoms. The normalized spacial score (nSPS) is 26.1. The summed E-state index contributed by atoms with van der Waals surface area (Å²) < 4.78 is 0. The molecule has 0 saturated carbocycles. The number of nitrogens with one attached hydrogen (secondary N) is 1. The van der Waals surface area contributed by atoms with Crippen molar-refractivity contribution in [3.05, 3.63) is 30.1 Å². The second kappa shape index (κ2) is 4.74. The van der Waals surface area contributed by atoms with Gasteiger partial charge in [0.1, 0.15) is 5.78 Å². The van der Waals surface area contributed by atoms with Crippen LogP contribution in [-0.4, -0.2) is 16.8 Å². The Hall–Kier alpha value is -1.22. The molecule has 1 aromatic rings. The zero-order valence-electron chi connectivity index (χ0n) is 9.81. The summed E-state index contributed by atoms with van der Waals surface area (Å²) in [5.41, 5.74) is 0.973. The Kier molecular flexibility index (Phi) is 3.34. The van der Waals surface area contributed by atoms with E-state index in [1.54, 1.807) is 6.20 Å². The summed E-state index contributed by atoms with van der Waals surface area (Å²) in [4.78, 5) is 16.0. The summed E-state index contributed by atoms with van der Waals surface area (Å²) in [6.45, 7) is 4.29. The zero-order chi connectivity index (χ0) is 11.5. The van der Waals surface area contributed by atoms with Crippen molar-refractivity contribution in [3.63, 3.8) is 0 Å². The minimum absolute atomic E-state index is 0.0925. The first kappa shape index (κ1) is 11.3. The maximum atomic E-state index is 11.7. The first-order valence-corrected chi connectivity index (χ1v) is 5.85. The lowest BCUT2D eigenvalue weighted by Gasteiger charge is -2.32. The third-order valence-corrected chi connectivity index (χ3v) is 3.14. The van der Waals surface area contributed by atoms with Crippen LogP contribution < -0.4 is 5.32 Å². The van der Waals surface area contributed by atoms with Crippen LogP contribution in [-0.2, 0) is 4.79 Å². The average Bonchev–Trinajstić information content (AvgIpc) is 2.29. The molecule has 0 bridgehead atoms. The van der Waals surface area contributed by atoms with Crippen molar-refractivity contribution in [1.29, 1.82) is 0 Å². The summed E-state index contributed by atoms with van der Waals surface area (Å²) in [7, 11) is 0. The van der Waals surface area contributed by atoms with Gasteiger partial charge in [-0.25, -0.2) is 0 Å². The number of pyridine rings is 1. The van der Waals surface area contributed by atoms with Crippen LogP contribution in [0.1, 0.15) is 38.4 Å². The maximum Gasteiger partial charge on any atom is 0.136 e. The number of ketones is 1. The highest BCUT2D eigenvalue weighted by Crippen LogP contribution is 2.24. The Morgan fingerprint density at radius 1 is 1.38 bits per heavy atom. The van der Waals surface area contributed by atoms with E-state index in [0.29, 0.717) is 24.5 Å². The van der Waals surface area contributed by atoms with Crippen LogP contribution in [0.4, 0.5) is 0 Å². The highest BCUT2D eigenvalue weighted by Gasteiger charge is 2.29. The van der Waals surface area contributed by atoms with Crippen LogP contribution in [0.3, 0.4) is 0 Å². The van der Waals surface area contributed by atoms with Gasteiger partial charge in [0.25, 0.3) is 0 Å². The number of hydrogen-bond donors (Lipinski definition) is 1. The molecule has 2 heterocycles. The zero-order valence-corrected chi connectivity index (χ0v) is 9.81. The molecule has 1 aliphatic heterocycles. The molecule has 86 valence electrons. The van der Waals surface area contributed by atoms with Crippen LogP contribution in [0.25, 0.3) is 0 Å². The summed E-state index contributed by atoms with van der Waals surface area (Å²) >= 11 is 0. The highest BCUT2D eigenvalue weighted by molar-refractivity contribution is 5.80. The van der Waals surface area contributed by atoms with Gasteiger partial charge in [0, 0.05) is 25.1 Å². The lowest BCUT2D eigenvalue weighted by molar-refractivity contribution is -0.122. The van der Waals surface area contributed by atoms with E-state index < -0.39 is 0 Å². The number of Topliss-reactive ketones (excluding diaryl/α,β-unsaturated/α-hetero) is 1. The predicted molar refractivity (Wildman–Crippen MR) is 63.0 cm³/mol. The Bertz CT molecular complexity index is 361. The van der Waals surface area contributed by atoms with Crippen molar-refractivity contribution in [2.24, 2.45) is 5.92 Å². The SMILES string of the molecule is CC(C)[C@@H]1CC(=O)C[C@H](c2ccccn2)N1. The number of carbonyl (C=O) groups is 1. The Labute approximate surface area is 96.3 Å². The summed E-state index contributed by atoms with van der Waals surface area (Å²) in [5, 5.41) is 3.52. The number of nitrogens with zero attached hydrogens (tertiary/aromatic N) is 1. The quantitative estimate of drug-likeness (QED) is 0.826. The molecule has 0 spiro atoms. The fourth-order valence-corrected chi connectivity index (χ4v) is 2.13. The standard InChI is InChI=1S/C13H18N2O/c1-9(2)12-7-10(16)8-13(15-12)11-5-3-4-6-14-11/h3-6,9,12-13,15H,7-8H2,1-2H3/t12-,13+/m0/s1. The third-order valence-electron chi connectivity index (χ3n) is 3.14. The van der Waals surface area contributed by atoms with E-state index in [-0.39, 0.29) is 12.1 Å². The van der Waals surface area contributed by atoms with Gasteiger partial charge < -0.3 is 5.32 Å². The van der Waals surface area contributed by atoms with Crippen molar-refractivity contribution >= 4 is 5.78 Å². The van der Waals surface area contributed by atoms with Gasteiger partial charge in [-0.05, 0) is 18.1 Å². The molecule has 3 nitrogen and oxygen atoms in total. The molecule has 3 heteroatoms. The number of aromatic nitrogens is 1. The smallest absolute Gasteiger partial charge is 0.136 e. The van der Waals surface area contributed by atoms with Gasteiger partial charge in [-0.1, -0.05) is 19.9 Å². The van der Waals surface area contributed by atoms with E-state index in [1.807, 2.05) is 18.2 Å². The second-order valence-corrected chi connectivity index (χ2v) is 4.77. The van der Waals surface area contributed by atoms with Crippen LogP contribution >= 0.6 is 0 Å². The van der Waals surface area contributed by atoms with E-state index in [0.717, 1.165) is 5.69 Å². The lowest BCUT2D eigenvalue weighted by atomic mass is 9.89. The van der Waals surface area contributed by atoms with E-state index in [4.69, 9.17) is 0 Å². The first-order chi connectivity index (χ1) is 7.66. The number of carbonyl (C=O) groups excluding carboxylic acids is 1. The van der Waals surface area contributed by atoms with Crippen LogP contribution in [0, 0.1) is 5.92 Å². The molecule has 0 aliphatic carbocycles. The second-order valence-electron chi connectivity index (χ2n) is 4.77. The summed E-state index contributed by atoms with van der Waals surface area (Å²) in [6.07, 6.45) is 3.00. The predicted octanol–water partition coefficient (Wildman–Crippen LogP) is 2.10. The monoisotopic (exact) mass is 218 g/mol. The van der Waals surface area contributed by atoms with Gasteiger partial charge in [0.05, 0.1) is 11.7 Å². The molecule has 1 saturated heterocycles. The van der Waals surface area contributed by atoms with Gasteiger partial charge in [-0.2, -0.15) is 0 Å². The average molecular weight is 218 g/mol. The van der Waals surface area contributed by atoms with Crippen molar-refractivity contribution < 1.29 is 4.79 Å². The molecule has 1 aromatic heterocycles. The van der Waals surface area contributed by atoms with Crippen LogP contribution in [0.2, 0.25) is 0 Å². The number of rotatable bonds is 2. The van der Waals surface area contributed by atoms with Crippen LogP contribution in [0.15, 0.2) is 24.4 Å². The van der Waals surface area contributed by atoms with E-state index in [2.05, 4.69) is 24.1 Å². The molecule has 0 unspecified atom stereocenters. The van der Waals surface area contributed by atoms with Gasteiger partial charge in [-0.15, -0.1) is 0 Å². The van der Waals surface area contributed by atoms with Crippen LogP contribution in [0.5, 0.6) is 0 Å². The summed E-state index contributed by atoms with van der Waals surface area (Å²) in [5.74, 6) is 0.823. The minimum atomic E-state index is 0.0925. The van der Waals surface area contributed by atoms with E-state index in [1.165, 1.54) is 0 Å². The molecule has 0 amide bonds.